The molecule has 0 aromatic heterocycles. The molecule has 0 atom stereocenters. The first kappa shape index (κ1) is 11.7. The van der Waals surface area contributed by atoms with Gasteiger partial charge in [0.1, 0.15) is 0 Å². The lowest BCUT2D eigenvalue weighted by atomic mass is 10.0. The molecule has 0 saturated heterocycles. The summed E-state index contributed by atoms with van der Waals surface area (Å²) in [5, 5.41) is 2.61. The standard InChI is InChI=1S/C17H18/c1-4-5-13(2)10-15-7-9-16-11-14(3)6-8-17(16)12-15/h4-12H,1-3H3/b5-4+,13-10+. The molecule has 0 heterocycles. The van der Waals surface area contributed by atoms with E-state index in [-0.39, 0.29) is 0 Å². The van der Waals surface area contributed by atoms with Crippen LogP contribution in [0, 0.1) is 6.92 Å². The van der Waals surface area contributed by atoms with Gasteiger partial charge >= 0.3 is 0 Å². The minimum absolute atomic E-state index is 1.26. The Morgan fingerprint density at radius 3 is 2.47 bits per heavy atom. The molecule has 2 rings (SSSR count). The fourth-order valence-corrected chi connectivity index (χ4v) is 2.05. The van der Waals surface area contributed by atoms with Gasteiger partial charge in [-0.15, -0.1) is 0 Å². The topological polar surface area (TPSA) is 0 Å². The van der Waals surface area contributed by atoms with Gasteiger partial charge < -0.3 is 0 Å². The van der Waals surface area contributed by atoms with Crippen molar-refractivity contribution >= 4 is 16.8 Å². The molecule has 0 saturated carbocycles. The zero-order chi connectivity index (χ0) is 12.3. The third-order valence-electron chi connectivity index (χ3n) is 2.84. The number of hydrogen-bond donors (Lipinski definition) is 0. The number of aryl methyl sites for hydroxylation is 1. The Balaban J connectivity index is 2.45. The van der Waals surface area contributed by atoms with Gasteiger partial charge in [-0.25, -0.2) is 0 Å². The van der Waals surface area contributed by atoms with Crippen molar-refractivity contribution in [3.05, 3.63) is 65.3 Å². The van der Waals surface area contributed by atoms with Gasteiger partial charge in [-0.3, -0.25) is 0 Å². The summed E-state index contributed by atoms with van der Waals surface area (Å²) in [4.78, 5) is 0. The van der Waals surface area contributed by atoms with Crippen LogP contribution in [-0.4, -0.2) is 0 Å². The predicted octanol–water partition coefficient (Wildman–Crippen LogP) is 5.13. The van der Waals surface area contributed by atoms with Crippen molar-refractivity contribution in [2.24, 2.45) is 0 Å². The van der Waals surface area contributed by atoms with Gasteiger partial charge in [-0.05, 0) is 43.2 Å². The predicted molar refractivity (Wildman–Crippen MR) is 77.2 cm³/mol. The minimum Gasteiger partial charge on any atom is -0.0874 e. The summed E-state index contributed by atoms with van der Waals surface area (Å²) in [5.41, 5.74) is 3.85. The molecule has 0 fully saturated rings. The molecule has 2 aromatic rings. The lowest BCUT2D eigenvalue weighted by Gasteiger charge is -2.02. The summed E-state index contributed by atoms with van der Waals surface area (Å²) in [7, 11) is 0. The lowest BCUT2D eigenvalue weighted by molar-refractivity contribution is 1.50. The first-order chi connectivity index (χ1) is 8.19. The van der Waals surface area contributed by atoms with Gasteiger partial charge in [0.15, 0.2) is 0 Å². The number of hydrogen-bond acceptors (Lipinski definition) is 0. The van der Waals surface area contributed by atoms with E-state index in [1.807, 2.05) is 6.92 Å². The highest BCUT2D eigenvalue weighted by Crippen LogP contribution is 2.19. The highest BCUT2D eigenvalue weighted by atomic mass is 14.0. The summed E-state index contributed by atoms with van der Waals surface area (Å²) >= 11 is 0. The molecule has 0 heteroatoms. The summed E-state index contributed by atoms with van der Waals surface area (Å²) in [5.74, 6) is 0. The van der Waals surface area contributed by atoms with Crippen LogP contribution in [0.15, 0.2) is 54.1 Å². The van der Waals surface area contributed by atoms with E-state index in [1.165, 1.54) is 27.5 Å². The summed E-state index contributed by atoms with van der Waals surface area (Å²) < 4.78 is 0. The average Bonchev–Trinajstić information content (AvgIpc) is 2.29. The monoisotopic (exact) mass is 222 g/mol. The Morgan fingerprint density at radius 1 is 1.00 bits per heavy atom. The normalized spacial score (nSPS) is 12.5. The highest BCUT2D eigenvalue weighted by molar-refractivity contribution is 5.85. The quantitative estimate of drug-likeness (QED) is 0.618. The molecule has 0 aliphatic heterocycles. The fourth-order valence-electron chi connectivity index (χ4n) is 2.05. The van der Waals surface area contributed by atoms with Crippen LogP contribution in [0.4, 0.5) is 0 Å². The third kappa shape index (κ3) is 2.85. The Bertz CT molecular complexity index is 586. The van der Waals surface area contributed by atoms with Crippen LogP contribution in [0.25, 0.3) is 16.8 Å². The van der Waals surface area contributed by atoms with Crippen molar-refractivity contribution in [3.8, 4) is 0 Å². The smallest absolute Gasteiger partial charge is 0.0178 e. The summed E-state index contributed by atoms with van der Waals surface area (Å²) in [6.45, 7) is 6.29. The van der Waals surface area contributed by atoms with Crippen LogP contribution in [-0.2, 0) is 0 Å². The highest BCUT2D eigenvalue weighted by Gasteiger charge is 1.95. The van der Waals surface area contributed by atoms with Crippen molar-refractivity contribution < 1.29 is 0 Å². The molecule has 2 aromatic carbocycles. The summed E-state index contributed by atoms with van der Waals surface area (Å²) in [6, 6.07) is 13.2. The minimum atomic E-state index is 1.26. The van der Waals surface area contributed by atoms with Crippen molar-refractivity contribution in [2.75, 3.05) is 0 Å². The first-order valence-corrected chi connectivity index (χ1v) is 6.00. The molecule has 0 radical (unpaired) electrons. The molecular weight excluding hydrogens is 204 g/mol. The molecule has 0 aliphatic carbocycles. The number of allylic oxidation sites excluding steroid dienone is 3. The van der Waals surface area contributed by atoms with Crippen LogP contribution in [0.3, 0.4) is 0 Å². The number of fused-ring (bicyclic) bond motifs is 1. The van der Waals surface area contributed by atoms with Crippen molar-refractivity contribution in [2.45, 2.75) is 20.8 Å². The van der Waals surface area contributed by atoms with Crippen LogP contribution in [0.2, 0.25) is 0 Å². The van der Waals surface area contributed by atoms with E-state index in [9.17, 15) is 0 Å². The zero-order valence-electron chi connectivity index (χ0n) is 10.7. The Labute approximate surface area is 103 Å². The fraction of sp³-hybridized carbons (Fsp3) is 0.176. The average molecular weight is 222 g/mol. The molecule has 0 spiro atoms. The summed E-state index contributed by atoms with van der Waals surface area (Å²) in [6.07, 6.45) is 6.40. The Kier molecular flexibility index (Phi) is 3.43. The lowest BCUT2D eigenvalue weighted by Crippen LogP contribution is -1.78. The number of rotatable bonds is 2. The third-order valence-corrected chi connectivity index (χ3v) is 2.84. The van der Waals surface area contributed by atoms with Crippen LogP contribution in [0.1, 0.15) is 25.0 Å². The van der Waals surface area contributed by atoms with E-state index in [4.69, 9.17) is 0 Å². The molecular formula is C17H18. The maximum absolute atomic E-state index is 2.24. The van der Waals surface area contributed by atoms with Crippen LogP contribution >= 0.6 is 0 Å². The first-order valence-electron chi connectivity index (χ1n) is 6.00. The van der Waals surface area contributed by atoms with E-state index >= 15 is 0 Å². The van der Waals surface area contributed by atoms with Crippen molar-refractivity contribution in [1.82, 2.24) is 0 Å². The van der Waals surface area contributed by atoms with Crippen molar-refractivity contribution in [3.63, 3.8) is 0 Å². The Morgan fingerprint density at radius 2 is 1.71 bits per heavy atom. The molecule has 0 unspecified atom stereocenters. The molecule has 0 amide bonds. The number of benzene rings is 2. The SMILES string of the molecule is C/C=C/C(C)=C/c1ccc2cc(C)ccc2c1. The maximum atomic E-state index is 2.24. The zero-order valence-corrected chi connectivity index (χ0v) is 10.7. The van der Waals surface area contributed by atoms with Gasteiger partial charge in [0.05, 0.1) is 0 Å². The Hall–Kier alpha value is -1.82. The maximum Gasteiger partial charge on any atom is -0.0178 e. The molecule has 0 nitrogen and oxygen atoms in total. The van der Waals surface area contributed by atoms with Crippen molar-refractivity contribution in [1.29, 1.82) is 0 Å². The second kappa shape index (κ2) is 5.01. The van der Waals surface area contributed by atoms with E-state index in [1.54, 1.807) is 0 Å². The van der Waals surface area contributed by atoms with Gasteiger partial charge in [0, 0.05) is 0 Å². The second-order valence-electron chi connectivity index (χ2n) is 4.50. The second-order valence-corrected chi connectivity index (χ2v) is 4.50. The van der Waals surface area contributed by atoms with Gasteiger partial charge in [0.25, 0.3) is 0 Å². The molecule has 86 valence electrons. The molecule has 0 bridgehead atoms. The molecule has 17 heavy (non-hydrogen) atoms. The van der Waals surface area contributed by atoms with E-state index < -0.39 is 0 Å². The molecule has 0 aliphatic rings. The largest absolute Gasteiger partial charge is 0.0874 e. The van der Waals surface area contributed by atoms with Crippen LogP contribution < -0.4 is 0 Å². The van der Waals surface area contributed by atoms with Gasteiger partial charge in [0.2, 0.25) is 0 Å². The van der Waals surface area contributed by atoms with Gasteiger partial charge in [-0.2, -0.15) is 0 Å². The van der Waals surface area contributed by atoms with Gasteiger partial charge in [-0.1, -0.05) is 59.7 Å². The van der Waals surface area contributed by atoms with Crippen LogP contribution in [0.5, 0.6) is 0 Å². The van der Waals surface area contributed by atoms with E-state index in [0.29, 0.717) is 0 Å². The van der Waals surface area contributed by atoms with E-state index in [2.05, 4.69) is 68.5 Å². The van der Waals surface area contributed by atoms with E-state index in [0.717, 1.165) is 0 Å². The molecule has 0 N–H and O–H groups in total.